The quantitative estimate of drug-likeness (QED) is 0.640. The summed E-state index contributed by atoms with van der Waals surface area (Å²) in [5.74, 6) is 0. The van der Waals surface area contributed by atoms with Gasteiger partial charge in [0, 0.05) is 0 Å². The zero-order valence-electron chi connectivity index (χ0n) is 9.07. The van der Waals surface area contributed by atoms with Crippen molar-refractivity contribution in [2.45, 2.75) is 51.2 Å². The molecule has 6 heteroatoms. The van der Waals surface area contributed by atoms with Gasteiger partial charge >= 0.3 is 0 Å². The molecule has 0 aliphatic rings. The van der Waals surface area contributed by atoms with Crippen molar-refractivity contribution in [3.63, 3.8) is 0 Å². The Hall–Kier alpha value is -1.20. The molecule has 0 saturated heterocycles. The van der Waals surface area contributed by atoms with Crippen molar-refractivity contribution < 1.29 is 0 Å². The van der Waals surface area contributed by atoms with Gasteiger partial charge in [-0.1, -0.05) is 15.5 Å². The third-order valence-electron chi connectivity index (χ3n) is 3.02. The lowest BCUT2D eigenvalue weighted by Gasteiger charge is -2.40. The summed E-state index contributed by atoms with van der Waals surface area (Å²) in [7, 11) is 0. The summed E-state index contributed by atoms with van der Waals surface area (Å²) < 4.78 is 0. The van der Waals surface area contributed by atoms with Crippen molar-refractivity contribution in [2.75, 3.05) is 0 Å². The van der Waals surface area contributed by atoms with E-state index in [1.54, 1.807) is 0 Å². The van der Waals surface area contributed by atoms with E-state index in [-0.39, 0.29) is 0 Å². The van der Waals surface area contributed by atoms with Crippen LogP contribution in [0.3, 0.4) is 0 Å². The average Bonchev–Trinajstić information content (AvgIpc) is 2.15. The molecule has 0 amide bonds. The lowest BCUT2D eigenvalue weighted by Crippen LogP contribution is -2.57. The fourth-order valence-electron chi connectivity index (χ4n) is 1.15. The van der Waals surface area contributed by atoms with Crippen LogP contribution in [0.25, 0.3) is 0 Å². The Morgan fingerprint density at radius 2 is 0.929 bits per heavy atom. The lowest BCUT2D eigenvalue weighted by atomic mass is 9.70. The van der Waals surface area contributed by atoms with E-state index in [1.807, 2.05) is 0 Å². The standard InChI is InChI=1S/C8H15N3O3/c1-6(2,9-12)8(5,11-14)7(3,4)10-13/h1-5H3. The average molecular weight is 201 g/mol. The molecule has 0 spiro atoms. The molecule has 0 aromatic heterocycles. The van der Waals surface area contributed by atoms with Gasteiger partial charge in [-0.25, -0.2) is 0 Å². The first kappa shape index (κ1) is 12.8. The van der Waals surface area contributed by atoms with Crippen LogP contribution in [-0.2, 0) is 0 Å². The van der Waals surface area contributed by atoms with Gasteiger partial charge in [0.1, 0.15) is 11.1 Å². The van der Waals surface area contributed by atoms with Gasteiger partial charge in [-0.2, -0.15) is 14.7 Å². The van der Waals surface area contributed by atoms with Crippen LogP contribution in [-0.4, -0.2) is 16.6 Å². The number of hydrogen-bond donors (Lipinski definition) is 0. The maximum Gasteiger partial charge on any atom is 0.155 e. The van der Waals surface area contributed by atoms with Gasteiger partial charge in [-0.05, 0) is 34.6 Å². The first-order valence-electron chi connectivity index (χ1n) is 4.22. The van der Waals surface area contributed by atoms with Crippen LogP contribution in [0.4, 0.5) is 0 Å². The van der Waals surface area contributed by atoms with Crippen LogP contribution >= 0.6 is 0 Å². The third-order valence-corrected chi connectivity index (χ3v) is 3.02. The highest BCUT2D eigenvalue weighted by molar-refractivity contribution is 5.15. The van der Waals surface area contributed by atoms with Gasteiger partial charge in [0.15, 0.2) is 5.54 Å². The van der Waals surface area contributed by atoms with Crippen LogP contribution in [0.1, 0.15) is 34.6 Å². The van der Waals surface area contributed by atoms with Crippen molar-refractivity contribution in [2.24, 2.45) is 15.5 Å². The van der Waals surface area contributed by atoms with E-state index in [9.17, 15) is 14.7 Å². The second kappa shape index (κ2) is 3.51. The minimum absolute atomic E-state index is 1.27. The molecule has 0 atom stereocenters. The predicted octanol–water partition coefficient (Wildman–Crippen LogP) is 2.60. The van der Waals surface area contributed by atoms with E-state index in [4.69, 9.17) is 0 Å². The summed E-state index contributed by atoms with van der Waals surface area (Å²) in [4.78, 5) is 32.0. The Bertz CT molecular complexity index is 241. The number of hydrogen-bond acceptors (Lipinski definition) is 6. The van der Waals surface area contributed by atoms with Crippen LogP contribution < -0.4 is 0 Å². The largest absolute Gasteiger partial charge is 0.155 e. The number of nitroso groups, excluding NO2 is 3. The molecule has 80 valence electrons. The van der Waals surface area contributed by atoms with Crippen molar-refractivity contribution in [1.29, 1.82) is 0 Å². The second-order valence-electron chi connectivity index (χ2n) is 4.46. The van der Waals surface area contributed by atoms with Crippen molar-refractivity contribution in [3.8, 4) is 0 Å². The third kappa shape index (κ3) is 1.56. The molecule has 0 bridgehead atoms. The highest BCUT2D eigenvalue weighted by Gasteiger charge is 2.56. The summed E-state index contributed by atoms with van der Waals surface area (Å²) in [5.41, 5.74) is -4.00. The van der Waals surface area contributed by atoms with E-state index in [0.29, 0.717) is 0 Å². The molecule has 0 heterocycles. The van der Waals surface area contributed by atoms with Gasteiger partial charge in [0.05, 0.1) is 0 Å². The summed E-state index contributed by atoms with van der Waals surface area (Å²) in [5, 5.41) is 8.54. The van der Waals surface area contributed by atoms with Crippen molar-refractivity contribution >= 4 is 0 Å². The molecule has 0 fully saturated rings. The fraction of sp³-hybridized carbons (Fsp3) is 1.00. The van der Waals surface area contributed by atoms with Crippen LogP contribution in [0.15, 0.2) is 15.5 Å². The van der Waals surface area contributed by atoms with E-state index in [0.717, 1.165) is 0 Å². The molecule has 0 aromatic rings. The molecular weight excluding hydrogens is 186 g/mol. The molecule has 0 aliphatic heterocycles. The fourth-order valence-corrected chi connectivity index (χ4v) is 1.15. The SMILES string of the molecule is CC(C)(N=O)C(C)(N=O)C(C)(C)N=O. The Labute approximate surface area is 82.4 Å². The van der Waals surface area contributed by atoms with Gasteiger partial charge in [0.25, 0.3) is 0 Å². The molecule has 6 nitrogen and oxygen atoms in total. The second-order valence-corrected chi connectivity index (χ2v) is 4.46. The van der Waals surface area contributed by atoms with Crippen LogP contribution in [0, 0.1) is 14.7 Å². The van der Waals surface area contributed by atoms with Crippen molar-refractivity contribution in [1.82, 2.24) is 0 Å². The minimum atomic E-state index is -1.45. The molecule has 0 rings (SSSR count). The normalized spacial score (nSPS) is 13.5. The van der Waals surface area contributed by atoms with Gasteiger partial charge in [-0.15, -0.1) is 0 Å². The predicted molar refractivity (Wildman–Crippen MR) is 53.9 cm³/mol. The summed E-state index contributed by atoms with van der Waals surface area (Å²) in [6.45, 7) is 7.22. The Balaban J connectivity index is 5.50. The Morgan fingerprint density at radius 3 is 1.07 bits per heavy atom. The summed E-state index contributed by atoms with van der Waals surface area (Å²) in [6, 6.07) is 0. The number of nitrogens with zero attached hydrogens (tertiary/aromatic N) is 3. The molecule has 0 N–H and O–H groups in total. The highest BCUT2D eigenvalue weighted by atomic mass is 16.3. The molecule has 0 unspecified atom stereocenters. The van der Waals surface area contributed by atoms with E-state index < -0.39 is 16.6 Å². The van der Waals surface area contributed by atoms with E-state index in [2.05, 4.69) is 15.5 Å². The van der Waals surface area contributed by atoms with E-state index >= 15 is 0 Å². The summed E-state index contributed by atoms with van der Waals surface area (Å²) >= 11 is 0. The first-order valence-corrected chi connectivity index (χ1v) is 4.22. The van der Waals surface area contributed by atoms with Crippen LogP contribution in [0.5, 0.6) is 0 Å². The van der Waals surface area contributed by atoms with Crippen LogP contribution in [0.2, 0.25) is 0 Å². The Kier molecular flexibility index (Phi) is 3.21. The topological polar surface area (TPSA) is 88.3 Å². The maximum atomic E-state index is 10.8. The van der Waals surface area contributed by atoms with Gasteiger partial charge in [0.2, 0.25) is 0 Å². The van der Waals surface area contributed by atoms with E-state index in [1.165, 1.54) is 34.6 Å². The smallest absolute Gasteiger partial charge is 0.150 e. The molecular formula is C8H15N3O3. The molecule has 14 heavy (non-hydrogen) atoms. The highest BCUT2D eigenvalue weighted by Crippen LogP contribution is 2.40. The molecule has 0 aromatic carbocycles. The maximum absolute atomic E-state index is 10.8. The molecule has 0 radical (unpaired) electrons. The first-order chi connectivity index (χ1) is 6.18. The van der Waals surface area contributed by atoms with Crippen molar-refractivity contribution in [3.05, 3.63) is 14.7 Å². The monoisotopic (exact) mass is 201 g/mol. The van der Waals surface area contributed by atoms with Gasteiger partial charge in [-0.3, -0.25) is 0 Å². The summed E-state index contributed by atoms with van der Waals surface area (Å²) in [6.07, 6.45) is 0. The lowest BCUT2D eigenvalue weighted by molar-refractivity contribution is 0.179. The van der Waals surface area contributed by atoms with Gasteiger partial charge < -0.3 is 0 Å². The number of rotatable bonds is 5. The molecule has 0 aliphatic carbocycles. The minimum Gasteiger partial charge on any atom is -0.150 e. The zero-order valence-corrected chi connectivity index (χ0v) is 9.07. The zero-order chi connectivity index (χ0) is 11.6. The molecule has 0 saturated carbocycles. The Morgan fingerprint density at radius 1 is 0.643 bits per heavy atom.